The van der Waals surface area contributed by atoms with Gasteiger partial charge in [-0.15, -0.1) is 0 Å². The number of hydrogen-bond donors (Lipinski definition) is 2. The second-order valence-electron chi connectivity index (χ2n) is 3.48. The molecule has 74 valence electrons. The summed E-state index contributed by atoms with van der Waals surface area (Å²) in [6.07, 6.45) is 0. The molecule has 0 aliphatic heterocycles. The Morgan fingerprint density at radius 2 is 2.07 bits per heavy atom. The van der Waals surface area contributed by atoms with E-state index in [1.54, 1.807) is 13.0 Å². The van der Waals surface area contributed by atoms with Crippen LogP contribution in [0.3, 0.4) is 0 Å². The molecule has 1 heterocycles. The largest absolute Gasteiger partial charge is 0.392 e. The van der Waals surface area contributed by atoms with E-state index in [9.17, 15) is 9.50 Å². The lowest BCUT2D eigenvalue weighted by atomic mass is 10.1. The van der Waals surface area contributed by atoms with Crippen LogP contribution in [0.1, 0.15) is 16.8 Å². The molecule has 2 aromatic rings. The van der Waals surface area contributed by atoms with Crippen molar-refractivity contribution in [3.05, 3.63) is 34.8 Å². The first kappa shape index (κ1) is 9.21. The molecule has 3 heteroatoms. The predicted octanol–water partition coefficient (Wildman–Crippen LogP) is 2.42. The molecule has 2 nitrogen and oxygen atoms in total. The van der Waals surface area contributed by atoms with Crippen LogP contribution in [0, 0.1) is 19.7 Å². The number of aliphatic hydroxyl groups excluding tert-OH is 1. The second-order valence-corrected chi connectivity index (χ2v) is 3.48. The number of aromatic nitrogens is 1. The summed E-state index contributed by atoms with van der Waals surface area (Å²) in [4.78, 5) is 3.12. The van der Waals surface area contributed by atoms with Gasteiger partial charge in [0.25, 0.3) is 0 Å². The Labute approximate surface area is 81.4 Å². The van der Waals surface area contributed by atoms with E-state index >= 15 is 0 Å². The van der Waals surface area contributed by atoms with E-state index in [0.717, 1.165) is 22.2 Å². The molecule has 1 aromatic carbocycles. The van der Waals surface area contributed by atoms with Crippen LogP contribution in [-0.4, -0.2) is 10.1 Å². The molecule has 0 atom stereocenters. The van der Waals surface area contributed by atoms with Crippen LogP contribution in [0.5, 0.6) is 0 Å². The van der Waals surface area contributed by atoms with Gasteiger partial charge in [0.2, 0.25) is 0 Å². The van der Waals surface area contributed by atoms with Gasteiger partial charge in [-0.2, -0.15) is 0 Å². The van der Waals surface area contributed by atoms with Crippen LogP contribution in [0.25, 0.3) is 10.9 Å². The standard InChI is InChI=1S/C11H12FNO/c1-6-9(12)3-4-10-11(6)8(5-14)7(2)13-10/h3-4,13-14H,5H2,1-2H3. The van der Waals surface area contributed by atoms with E-state index in [1.807, 2.05) is 6.92 Å². The van der Waals surface area contributed by atoms with Gasteiger partial charge in [-0.05, 0) is 31.5 Å². The fraction of sp³-hybridized carbons (Fsp3) is 0.273. The molecule has 14 heavy (non-hydrogen) atoms. The average molecular weight is 193 g/mol. The van der Waals surface area contributed by atoms with Crippen LogP contribution in [0.2, 0.25) is 0 Å². The van der Waals surface area contributed by atoms with Crippen molar-refractivity contribution in [2.24, 2.45) is 0 Å². The number of rotatable bonds is 1. The molecule has 2 rings (SSSR count). The van der Waals surface area contributed by atoms with Gasteiger partial charge in [-0.1, -0.05) is 0 Å². The minimum absolute atomic E-state index is 0.0594. The lowest BCUT2D eigenvalue weighted by Crippen LogP contribution is -1.88. The second kappa shape index (κ2) is 3.10. The monoisotopic (exact) mass is 193 g/mol. The van der Waals surface area contributed by atoms with E-state index in [1.165, 1.54) is 6.07 Å². The third kappa shape index (κ3) is 1.13. The highest BCUT2D eigenvalue weighted by molar-refractivity contribution is 5.87. The zero-order valence-electron chi connectivity index (χ0n) is 8.19. The lowest BCUT2D eigenvalue weighted by Gasteiger charge is -2.00. The molecular formula is C11H12FNO. The highest BCUT2D eigenvalue weighted by Gasteiger charge is 2.11. The minimum Gasteiger partial charge on any atom is -0.392 e. The molecular weight excluding hydrogens is 181 g/mol. The van der Waals surface area contributed by atoms with Crippen LogP contribution in [0.4, 0.5) is 4.39 Å². The summed E-state index contributed by atoms with van der Waals surface area (Å²) < 4.78 is 13.3. The summed E-state index contributed by atoms with van der Waals surface area (Å²) >= 11 is 0. The average Bonchev–Trinajstić information content (AvgIpc) is 2.48. The molecule has 2 N–H and O–H groups in total. The molecule has 0 aliphatic carbocycles. The van der Waals surface area contributed by atoms with Crippen LogP contribution >= 0.6 is 0 Å². The Hall–Kier alpha value is -1.35. The number of halogens is 1. The smallest absolute Gasteiger partial charge is 0.126 e. The Morgan fingerprint density at radius 3 is 2.71 bits per heavy atom. The first-order chi connectivity index (χ1) is 6.65. The van der Waals surface area contributed by atoms with Crippen LogP contribution < -0.4 is 0 Å². The topological polar surface area (TPSA) is 36.0 Å². The van der Waals surface area contributed by atoms with Gasteiger partial charge < -0.3 is 10.1 Å². The number of nitrogens with one attached hydrogen (secondary N) is 1. The first-order valence-corrected chi connectivity index (χ1v) is 4.52. The molecule has 1 aromatic heterocycles. The SMILES string of the molecule is Cc1[nH]c2ccc(F)c(C)c2c1CO. The molecule has 0 unspecified atom stereocenters. The maximum absolute atomic E-state index is 13.3. The third-order valence-electron chi connectivity index (χ3n) is 2.63. The number of H-pyrrole nitrogens is 1. The van der Waals surface area contributed by atoms with Gasteiger partial charge in [-0.3, -0.25) is 0 Å². The Morgan fingerprint density at radius 1 is 1.36 bits per heavy atom. The van der Waals surface area contributed by atoms with Crippen molar-refractivity contribution < 1.29 is 9.50 Å². The van der Waals surface area contributed by atoms with Gasteiger partial charge >= 0.3 is 0 Å². The van der Waals surface area contributed by atoms with Crippen molar-refractivity contribution in [1.29, 1.82) is 0 Å². The van der Waals surface area contributed by atoms with Crippen molar-refractivity contribution in [3.63, 3.8) is 0 Å². The number of aromatic amines is 1. The number of aryl methyl sites for hydroxylation is 2. The molecule has 0 aliphatic rings. The van der Waals surface area contributed by atoms with E-state index in [-0.39, 0.29) is 12.4 Å². The van der Waals surface area contributed by atoms with Crippen LogP contribution in [0.15, 0.2) is 12.1 Å². The van der Waals surface area contributed by atoms with Crippen LogP contribution in [-0.2, 0) is 6.61 Å². The molecule has 0 spiro atoms. The number of aliphatic hydroxyl groups is 1. The zero-order valence-corrected chi connectivity index (χ0v) is 8.19. The third-order valence-corrected chi connectivity index (χ3v) is 2.63. The fourth-order valence-electron chi connectivity index (χ4n) is 1.84. The highest BCUT2D eigenvalue weighted by Crippen LogP contribution is 2.26. The summed E-state index contributed by atoms with van der Waals surface area (Å²) in [6, 6.07) is 3.14. The van der Waals surface area contributed by atoms with Gasteiger partial charge in [0.05, 0.1) is 6.61 Å². The summed E-state index contributed by atoms with van der Waals surface area (Å²) in [7, 11) is 0. The van der Waals surface area contributed by atoms with Crippen molar-refractivity contribution in [3.8, 4) is 0 Å². The summed E-state index contributed by atoms with van der Waals surface area (Å²) in [5.74, 6) is -0.230. The number of fused-ring (bicyclic) bond motifs is 1. The van der Waals surface area contributed by atoms with Crippen molar-refractivity contribution in [2.45, 2.75) is 20.5 Å². The number of benzene rings is 1. The molecule has 0 saturated heterocycles. The van der Waals surface area contributed by atoms with E-state index in [4.69, 9.17) is 0 Å². The minimum atomic E-state index is -0.230. The van der Waals surface area contributed by atoms with Crippen molar-refractivity contribution >= 4 is 10.9 Å². The van der Waals surface area contributed by atoms with Gasteiger partial charge in [0, 0.05) is 22.2 Å². The van der Waals surface area contributed by atoms with Crippen molar-refractivity contribution in [2.75, 3.05) is 0 Å². The Balaban J connectivity index is 2.90. The molecule has 0 bridgehead atoms. The molecule has 0 saturated carbocycles. The maximum atomic E-state index is 13.3. The maximum Gasteiger partial charge on any atom is 0.126 e. The summed E-state index contributed by atoms with van der Waals surface area (Å²) in [6.45, 7) is 3.54. The normalized spacial score (nSPS) is 11.1. The van der Waals surface area contributed by atoms with E-state index < -0.39 is 0 Å². The molecule has 0 radical (unpaired) electrons. The van der Waals surface area contributed by atoms with Gasteiger partial charge in [0.1, 0.15) is 5.82 Å². The van der Waals surface area contributed by atoms with E-state index in [2.05, 4.69) is 4.98 Å². The van der Waals surface area contributed by atoms with E-state index in [0.29, 0.717) is 5.56 Å². The Bertz CT molecular complexity index is 487. The van der Waals surface area contributed by atoms with Gasteiger partial charge in [0.15, 0.2) is 0 Å². The zero-order chi connectivity index (χ0) is 10.3. The summed E-state index contributed by atoms with van der Waals surface area (Å²) in [5, 5.41) is 9.99. The molecule has 0 amide bonds. The number of hydrogen-bond acceptors (Lipinski definition) is 1. The van der Waals surface area contributed by atoms with Crippen molar-refractivity contribution in [1.82, 2.24) is 4.98 Å². The molecule has 0 fully saturated rings. The quantitative estimate of drug-likeness (QED) is 0.716. The highest BCUT2D eigenvalue weighted by atomic mass is 19.1. The first-order valence-electron chi connectivity index (χ1n) is 4.52. The fourth-order valence-corrected chi connectivity index (χ4v) is 1.84. The summed E-state index contributed by atoms with van der Waals surface area (Å²) in [5.41, 5.74) is 3.16. The lowest BCUT2D eigenvalue weighted by molar-refractivity contribution is 0.282. The van der Waals surface area contributed by atoms with Gasteiger partial charge in [-0.25, -0.2) is 4.39 Å². The Kier molecular flexibility index (Phi) is 2.04. The predicted molar refractivity (Wildman–Crippen MR) is 53.7 cm³/mol.